The van der Waals surface area contributed by atoms with Crippen LogP contribution in [0.25, 0.3) is 0 Å². The summed E-state index contributed by atoms with van der Waals surface area (Å²) in [5.74, 6) is 0.647. The second-order valence-corrected chi connectivity index (χ2v) is 5.04. The van der Waals surface area contributed by atoms with Gasteiger partial charge in [-0.15, -0.1) is 0 Å². The Labute approximate surface area is 114 Å². The van der Waals surface area contributed by atoms with E-state index >= 15 is 0 Å². The van der Waals surface area contributed by atoms with Crippen molar-refractivity contribution in [3.05, 3.63) is 57.7 Å². The largest absolute Gasteiger partial charge is 0.469 e. The standard InChI is InChI=1S/C14H15BrFNO/c1-9-6-11(8-18-9)13(17-2)7-10-4-3-5-12(16)14(10)15/h3-6,8,13,17H,7H2,1-2H3. The number of likely N-dealkylation sites (N-methyl/N-ethyl adjacent to an activating group) is 1. The molecule has 0 radical (unpaired) electrons. The van der Waals surface area contributed by atoms with Crippen LogP contribution in [0.5, 0.6) is 0 Å². The van der Waals surface area contributed by atoms with Crippen LogP contribution in [0.15, 0.2) is 39.4 Å². The summed E-state index contributed by atoms with van der Waals surface area (Å²) >= 11 is 3.29. The molecule has 0 bridgehead atoms. The molecule has 0 aliphatic carbocycles. The van der Waals surface area contributed by atoms with Gasteiger partial charge < -0.3 is 9.73 Å². The maximum atomic E-state index is 13.5. The lowest BCUT2D eigenvalue weighted by molar-refractivity contribution is 0.519. The molecule has 1 atom stereocenters. The van der Waals surface area contributed by atoms with Crippen LogP contribution < -0.4 is 5.32 Å². The fourth-order valence-electron chi connectivity index (χ4n) is 1.96. The van der Waals surface area contributed by atoms with Gasteiger partial charge in [0.05, 0.1) is 10.7 Å². The molecule has 18 heavy (non-hydrogen) atoms. The average Bonchev–Trinajstić information content (AvgIpc) is 2.78. The molecule has 1 unspecified atom stereocenters. The van der Waals surface area contributed by atoms with Crippen molar-refractivity contribution < 1.29 is 8.81 Å². The van der Waals surface area contributed by atoms with Crippen LogP contribution in [0.4, 0.5) is 4.39 Å². The quantitative estimate of drug-likeness (QED) is 0.923. The summed E-state index contributed by atoms with van der Waals surface area (Å²) in [6, 6.07) is 7.20. The molecule has 1 aromatic heterocycles. The Kier molecular flexibility index (Phi) is 4.19. The van der Waals surface area contributed by atoms with Crippen molar-refractivity contribution in [2.24, 2.45) is 0 Å². The van der Waals surface area contributed by atoms with E-state index in [0.29, 0.717) is 10.9 Å². The predicted octanol–water partition coefficient (Wildman–Crippen LogP) is 3.99. The molecule has 0 aliphatic rings. The molecule has 2 nitrogen and oxygen atoms in total. The van der Waals surface area contributed by atoms with Gasteiger partial charge in [0, 0.05) is 11.6 Å². The first kappa shape index (κ1) is 13.3. The zero-order chi connectivity index (χ0) is 13.1. The summed E-state index contributed by atoms with van der Waals surface area (Å²) in [4.78, 5) is 0. The third-order valence-electron chi connectivity index (χ3n) is 2.96. The van der Waals surface area contributed by atoms with E-state index in [-0.39, 0.29) is 11.9 Å². The number of halogens is 2. The summed E-state index contributed by atoms with van der Waals surface area (Å²) in [5.41, 5.74) is 2.01. The maximum absolute atomic E-state index is 13.5. The molecule has 0 saturated carbocycles. The molecule has 4 heteroatoms. The van der Waals surface area contributed by atoms with E-state index < -0.39 is 0 Å². The molecule has 0 saturated heterocycles. The number of furan rings is 1. The number of benzene rings is 1. The lowest BCUT2D eigenvalue weighted by Gasteiger charge is -2.15. The predicted molar refractivity (Wildman–Crippen MR) is 73.0 cm³/mol. The lowest BCUT2D eigenvalue weighted by Crippen LogP contribution is -2.18. The highest BCUT2D eigenvalue weighted by Gasteiger charge is 2.15. The van der Waals surface area contributed by atoms with Crippen LogP contribution >= 0.6 is 15.9 Å². The van der Waals surface area contributed by atoms with Gasteiger partial charge in [-0.25, -0.2) is 4.39 Å². The third kappa shape index (κ3) is 2.82. The first-order chi connectivity index (χ1) is 8.61. The molecule has 0 amide bonds. The highest BCUT2D eigenvalue weighted by Crippen LogP contribution is 2.26. The average molecular weight is 312 g/mol. The molecule has 1 heterocycles. The minimum Gasteiger partial charge on any atom is -0.469 e. The maximum Gasteiger partial charge on any atom is 0.137 e. The molecule has 1 aromatic carbocycles. The molecule has 96 valence electrons. The molecule has 1 N–H and O–H groups in total. The van der Waals surface area contributed by atoms with Crippen molar-refractivity contribution in [1.82, 2.24) is 5.32 Å². The van der Waals surface area contributed by atoms with E-state index in [2.05, 4.69) is 21.2 Å². The van der Waals surface area contributed by atoms with Gasteiger partial charge in [-0.05, 0) is 54.0 Å². The summed E-state index contributed by atoms with van der Waals surface area (Å²) in [7, 11) is 1.89. The van der Waals surface area contributed by atoms with Gasteiger partial charge in [0.25, 0.3) is 0 Å². The Morgan fingerprint density at radius 2 is 2.22 bits per heavy atom. The summed E-state index contributed by atoms with van der Waals surface area (Å²) < 4.78 is 19.3. The number of hydrogen-bond acceptors (Lipinski definition) is 2. The highest BCUT2D eigenvalue weighted by molar-refractivity contribution is 9.10. The second-order valence-electron chi connectivity index (χ2n) is 4.25. The zero-order valence-electron chi connectivity index (χ0n) is 10.3. The minimum atomic E-state index is -0.231. The zero-order valence-corrected chi connectivity index (χ0v) is 11.9. The highest BCUT2D eigenvalue weighted by atomic mass is 79.9. The van der Waals surface area contributed by atoms with Crippen molar-refractivity contribution in [1.29, 1.82) is 0 Å². The van der Waals surface area contributed by atoms with Crippen LogP contribution in [-0.4, -0.2) is 7.05 Å². The van der Waals surface area contributed by atoms with E-state index in [1.165, 1.54) is 6.07 Å². The smallest absolute Gasteiger partial charge is 0.137 e. The van der Waals surface area contributed by atoms with Gasteiger partial charge in [0.1, 0.15) is 11.6 Å². The van der Waals surface area contributed by atoms with E-state index in [4.69, 9.17) is 4.42 Å². The van der Waals surface area contributed by atoms with Crippen molar-refractivity contribution in [2.75, 3.05) is 7.05 Å². The summed E-state index contributed by atoms with van der Waals surface area (Å²) in [6.45, 7) is 1.91. The monoisotopic (exact) mass is 311 g/mol. The van der Waals surface area contributed by atoms with Crippen molar-refractivity contribution in [3.8, 4) is 0 Å². The Morgan fingerprint density at radius 3 is 2.83 bits per heavy atom. The van der Waals surface area contributed by atoms with Gasteiger partial charge in [0.2, 0.25) is 0 Å². The number of hydrogen-bond donors (Lipinski definition) is 1. The first-order valence-corrected chi connectivity index (χ1v) is 6.56. The molecule has 2 rings (SSSR count). The Bertz CT molecular complexity index is 538. The van der Waals surface area contributed by atoms with Crippen LogP contribution in [0.3, 0.4) is 0 Å². The van der Waals surface area contributed by atoms with Crippen molar-refractivity contribution in [2.45, 2.75) is 19.4 Å². The second kappa shape index (κ2) is 5.67. The number of nitrogens with one attached hydrogen (secondary N) is 1. The van der Waals surface area contributed by atoms with Gasteiger partial charge in [-0.2, -0.15) is 0 Å². The normalized spacial score (nSPS) is 12.7. The third-order valence-corrected chi connectivity index (χ3v) is 3.85. The number of rotatable bonds is 4. The lowest BCUT2D eigenvalue weighted by atomic mass is 10.0. The molecule has 0 aliphatic heterocycles. The van der Waals surface area contributed by atoms with Gasteiger partial charge in [-0.1, -0.05) is 12.1 Å². The fraction of sp³-hybridized carbons (Fsp3) is 0.286. The van der Waals surface area contributed by atoms with Gasteiger partial charge >= 0.3 is 0 Å². The van der Waals surface area contributed by atoms with E-state index in [0.717, 1.165) is 16.9 Å². The van der Waals surface area contributed by atoms with Crippen molar-refractivity contribution >= 4 is 15.9 Å². The SMILES string of the molecule is CNC(Cc1cccc(F)c1Br)c1coc(C)c1. The van der Waals surface area contributed by atoms with Crippen LogP contribution in [0.2, 0.25) is 0 Å². The van der Waals surface area contributed by atoms with Crippen LogP contribution in [0.1, 0.15) is 22.9 Å². The number of aryl methyl sites for hydroxylation is 1. The Hall–Kier alpha value is -1.13. The van der Waals surface area contributed by atoms with Gasteiger partial charge in [0.15, 0.2) is 0 Å². The summed E-state index contributed by atoms with van der Waals surface area (Å²) in [5, 5.41) is 3.22. The molecule has 2 aromatic rings. The van der Waals surface area contributed by atoms with Crippen molar-refractivity contribution in [3.63, 3.8) is 0 Å². The molecular formula is C14H15BrFNO. The van der Waals surface area contributed by atoms with Gasteiger partial charge in [-0.3, -0.25) is 0 Å². The van der Waals surface area contributed by atoms with Crippen LogP contribution in [0, 0.1) is 12.7 Å². The Morgan fingerprint density at radius 1 is 1.44 bits per heavy atom. The van der Waals surface area contributed by atoms with E-state index in [1.54, 1.807) is 12.3 Å². The first-order valence-electron chi connectivity index (χ1n) is 5.77. The fourth-order valence-corrected chi connectivity index (χ4v) is 2.39. The van der Waals surface area contributed by atoms with E-state index in [1.807, 2.05) is 26.1 Å². The molecular weight excluding hydrogens is 297 g/mol. The summed E-state index contributed by atoms with van der Waals surface area (Å²) in [6.07, 6.45) is 2.44. The Balaban J connectivity index is 2.23. The minimum absolute atomic E-state index is 0.112. The topological polar surface area (TPSA) is 25.2 Å². The van der Waals surface area contributed by atoms with E-state index in [9.17, 15) is 4.39 Å². The molecule has 0 spiro atoms. The molecule has 0 fully saturated rings. The van der Waals surface area contributed by atoms with Crippen LogP contribution in [-0.2, 0) is 6.42 Å².